The summed E-state index contributed by atoms with van der Waals surface area (Å²) in [6, 6.07) is 0.319. The van der Waals surface area contributed by atoms with E-state index in [2.05, 4.69) is 44.2 Å². The standard InChI is InChI=1S/C10H23N3OSi.BF4/c1-10(2,3)15(4,5)14-7-8-6-12-9(11)13-8;2-1(3,4)5/h8H,6-7H2,1-5H3,(H3,11,12,13);/q;-1/p+1. The third-order valence-electron chi connectivity index (χ3n) is 3.35. The quantitative estimate of drug-likeness (QED) is 0.530. The van der Waals surface area contributed by atoms with Crippen LogP contribution in [-0.2, 0) is 4.43 Å². The average molecular weight is 317 g/mol. The first kappa shape index (κ1) is 19.2. The predicted molar refractivity (Wildman–Crippen MR) is 75.3 cm³/mol. The highest BCUT2D eigenvalue weighted by molar-refractivity contribution is 6.74. The van der Waals surface area contributed by atoms with E-state index in [9.17, 15) is 17.3 Å². The van der Waals surface area contributed by atoms with Crippen molar-refractivity contribution in [2.45, 2.75) is 44.9 Å². The van der Waals surface area contributed by atoms with E-state index in [1.54, 1.807) is 0 Å². The summed E-state index contributed by atoms with van der Waals surface area (Å²) in [4.78, 5) is 3.06. The summed E-state index contributed by atoms with van der Waals surface area (Å²) in [5.74, 6) is 0.666. The van der Waals surface area contributed by atoms with E-state index in [1.807, 2.05) is 0 Å². The Morgan fingerprint density at radius 3 is 2.10 bits per heavy atom. The van der Waals surface area contributed by atoms with E-state index in [4.69, 9.17) is 10.2 Å². The molecule has 0 bridgehead atoms. The maximum atomic E-state index is 9.75. The van der Waals surface area contributed by atoms with Gasteiger partial charge in [-0.25, -0.2) is 0 Å². The lowest BCUT2D eigenvalue weighted by Gasteiger charge is -2.36. The highest BCUT2D eigenvalue weighted by Gasteiger charge is 2.38. The summed E-state index contributed by atoms with van der Waals surface area (Å²) >= 11 is 0. The fraction of sp³-hybridized carbons (Fsp3) is 0.900. The molecule has 120 valence electrons. The fourth-order valence-corrected chi connectivity index (χ4v) is 2.23. The lowest BCUT2D eigenvalue weighted by molar-refractivity contribution is -0.450. The van der Waals surface area contributed by atoms with Gasteiger partial charge in [0, 0.05) is 0 Å². The molecular formula is C10H24BF4N3OSi. The van der Waals surface area contributed by atoms with Gasteiger partial charge in [0.1, 0.15) is 6.04 Å². The van der Waals surface area contributed by atoms with Crippen molar-refractivity contribution >= 4 is 21.5 Å². The van der Waals surface area contributed by atoms with Crippen LogP contribution in [0.5, 0.6) is 0 Å². The van der Waals surface area contributed by atoms with Crippen molar-refractivity contribution < 1.29 is 26.7 Å². The van der Waals surface area contributed by atoms with Gasteiger partial charge in [0.15, 0.2) is 8.32 Å². The van der Waals surface area contributed by atoms with Gasteiger partial charge in [-0.1, -0.05) is 20.8 Å². The molecule has 0 amide bonds. The number of hydrogen-bond donors (Lipinski definition) is 3. The molecule has 0 aromatic heterocycles. The average Bonchev–Trinajstić information content (AvgIpc) is 2.57. The summed E-state index contributed by atoms with van der Waals surface area (Å²) in [7, 11) is -7.61. The van der Waals surface area contributed by atoms with E-state index in [-0.39, 0.29) is 5.04 Å². The van der Waals surface area contributed by atoms with Crippen molar-refractivity contribution in [3.8, 4) is 0 Å². The van der Waals surface area contributed by atoms with Gasteiger partial charge in [-0.05, 0) is 18.1 Å². The summed E-state index contributed by atoms with van der Waals surface area (Å²) < 4.78 is 45.1. The lowest BCUT2D eigenvalue weighted by Crippen LogP contribution is -2.73. The molecule has 1 heterocycles. The fourth-order valence-electron chi connectivity index (χ4n) is 1.18. The zero-order chi connectivity index (χ0) is 16.2. The molecule has 1 aliphatic heterocycles. The van der Waals surface area contributed by atoms with Crippen LogP contribution in [0.15, 0.2) is 0 Å². The Hall–Kier alpha value is -0.768. The Morgan fingerprint density at radius 1 is 1.35 bits per heavy atom. The number of nitrogens with one attached hydrogen (secondary N) is 2. The Bertz CT molecular complexity index is 338. The smallest absolute Gasteiger partial charge is 0.418 e. The van der Waals surface area contributed by atoms with Gasteiger partial charge in [-0.2, -0.15) is 0 Å². The molecule has 0 aromatic rings. The topological polar surface area (TPSA) is 61.2 Å². The maximum Gasteiger partial charge on any atom is 0.673 e. The molecule has 1 atom stereocenters. The first-order valence-electron chi connectivity index (χ1n) is 6.36. The van der Waals surface area contributed by atoms with Crippen LogP contribution in [-0.4, -0.2) is 40.7 Å². The molecule has 4 nitrogen and oxygen atoms in total. The molecule has 1 aliphatic rings. The molecule has 10 heteroatoms. The van der Waals surface area contributed by atoms with Gasteiger partial charge < -0.3 is 21.7 Å². The lowest BCUT2D eigenvalue weighted by atomic mass is 10.2. The number of nitrogens with two attached hydrogens (primary N) is 1. The molecule has 1 unspecified atom stereocenters. The normalized spacial score (nSPS) is 19.9. The molecule has 0 fully saturated rings. The van der Waals surface area contributed by atoms with Crippen molar-refractivity contribution in [2.24, 2.45) is 5.73 Å². The molecule has 4 N–H and O–H groups in total. The monoisotopic (exact) mass is 317 g/mol. The third kappa shape index (κ3) is 8.41. The highest BCUT2D eigenvalue weighted by atomic mass is 28.4. The number of halogens is 4. The van der Waals surface area contributed by atoms with Crippen molar-refractivity contribution in [2.75, 3.05) is 13.2 Å². The van der Waals surface area contributed by atoms with Crippen molar-refractivity contribution in [3.63, 3.8) is 0 Å². The maximum absolute atomic E-state index is 9.75. The van der Waals surface area contributed by atoms with E-state index in [0.29, 0.717) is 12.0 Å². The van der Waals surface area contributed by atoms with E-state index in [1.165, 1.54) is 0 Å². The minimum atomic E-state index is -6.00. The molecule has 0 radical (unpaired) electrons. The van der Waals surface area contributed by atoms with Gasteiger partial charge in [-0.15, -0.1) is 0 Å². The molecule has 0 spiro atoms. The van der Waals surface area contributed by atoms with Crippen LogP contribution in [0.4, 0.5) is 17.3 Å². The minimum Gasteiger partial charge on any atom is -0.418 e. The second-order valence-corrected chi connectivity index (χ2v) is 11.0. The van der Waals surface area contributed by atoms with Gasteiger partial charge in [0.05, 0.1) is 13.2 Å². The molecule has 0 aromatic carbocycles. The van der Waals surface area contributed by atoms with Gasteiger partial charge in [0.2, 0.25) is 0 Å². The SMILES string of the molecule is CC(C)(C)[Si](C)(C)OCC1C[NH+]=C(N)N1.F[B-](F)(F)F. The van der Waals surface area contributed by atoms with Gasteiger partial charge in [0.25, 0.3) is 0 Å². The molecule has 0 saturated heterocycles. The Kier molecular flexibility index (Phi) is 6.53. The summed E-state index contributed by atoms with van der Waals surface area (Å²) in [5, 5.41) is 3.43. The molecular weight excluding hydrogens is 293 g/mol. The van der Waals surface area contributed by atoms with Crippen LogP contribution in [0.1, 0.15) is 20.8 Å². The van der Waals surface area contributed by atoms with Crippen LogP contribution in [0.25, 0.3) is 0 Å². The number of rotatable bonds is 3. The van der Waals surface area contributed by atoms with Crippen LogP contribution in [0, 0.1) is 0 Å². The van der Waals surface area contributed by atoms with Crippen molar-refractivity contribution in [3.05, 3.63) is 0 Å². The second kappa shape index (κ2) is 6.79. The zero-order valence-electron chi connectivity index (χ0n) is 12.6. The summed E-state index contributed by atoms with van der Waals surface area (Å²) in [6.45, 7) is 12.9. The third-order valence-corrected chi connectivity index (χ3v) is 7.85. The molecule has 0 saturated carbocycles. The highest BCUT2D eigenvalue weighted by Crippen LogP contribution is 2.36. The minimum absolute atomic E-state index is 0.272. The van der Waals surface area contributed by atoms with Gasteiger partial charge >= 0.3 is 13.2 Å². The zero-order valence-corrected chi connectivity index (χ0v) is 13.6. The van der Waals surface area contributed by atoms with E-state index < -0.39 is 15.6 Å². The first-order chi connectivity index (χ1) is 8.72. The number of guanidine groups is 1. The molecule has 0 aliphatic carbocycles. The first-order valence-corrected chi connectivity index (χ1v) is 9.27. The Labute approximate surface area is 118 Å². The van der Waals surface area contributed by atoms with Crippen molar-refractivity contribution in [1.29, 1.82) is 0 Å². The van der Waals surface area contributed by atoms with E-state index in [0.717, 1.165) is 13.2 Å². The van der Waals surface area contributed by atoms with Crippen molar-refractivity contribution in [1.82, 2.24) is 5.32 Å². The largest absolute Gasteiger partial charge is 0.673 e. The summed E-state index contributed by atoms with van der Waals surface area (Å²) in [5.41, 5.74) is 5.60. The van der Waals surface area contributed by atoms with E-state index >= 15 is 0 Å². The molecule has 1 rings (SSSR count). The van der Waals surface area contributed by atoms with Crippen LogP contribution < -0.4 is 16.0 Å². The van der Waals surface area contributed by atoms with Crippen LogP contribution >= 0.6 is 0 Å². The van der Waals surface area contributed by atoms with Crippen LogP contribution in [0.2, 0.25) is 18.1 Å². The number of hydrogen-bond acceptors (Lipinski definition) is 3. The summed E-state index contributed by atoms with van der Waals surface area (Å²) in [6.07, 6.45) is 0. The predicted octanol–water partition coefficient (Wildman–Crippen LogP) is 0.675. The van der Waals surface area contributed by atoms with Crippen LogP contribution in [0.3, 0.4) is 0 Å². The molecule has 20 heavy (non-hydrogen) atoms. The second-order valence-electron chi connectivity index (χ2n) is 6.20. The Morgan fingerprint density at radius 2 is 1.80 bits per heavy atom. The van der Waals surface area contributed by atoms with Gasteiger partial charge in [-0.3, -0.25) is 16.0 Å². The Balaban J connectivity index is 0.000000621.